The minimum atomic E-state index is -1.34. The number of hydrogen-bond acceptors (Lipinski definition) is 6. The fraction of sp³-hybridized carbons (Fsp3) is 0.600. The molecular formula is C25H34FN3O5. The van der Waals surface area contributed by atoms with Gasteiger partial charge in [-0.05, 0) is 69.7 Å². The van der Waals surface area contributed by atoms with Crippen LogP contribution in [0, 0.1) is 17.7 Å². The normalized spacial score (nSPS) is 19.0. The summed E-state index contributed by atoms with van der Waals surface area (Å²) in [5, 5.41) is 13.0. The van der Waals surface area contributed by atoms with E-state index in [1.54, 1.807) is 17.6 Å². The third-order valence-electron chi connectivity index (χ3n) is 7.33. The molecule has 8 nitrogen and oxygen atoms in total. The van der Waals surface area contributed by atoms with Gasteiger partial charge in [-0.1, -0.05) is 0 Å². The molecule has 4 rings (SSSR count). The number of anilines is 1. The lowest BCUT2D eigenvalue weighted by Crippen LogP contribution is -2.39. The van der Waals surface area contributed by atoms with Gasteiger partial charge in [0, 0.05) is 38.3 Å². The van der Waals surface area contributed by atoms with Gasteiger partial charge in [0.2, 0.25) is 5.43 Å². The Bertz CT molecular complexity index is 1070. The van der Waals surface area contributed by atoms with Crippen LogP contribution in [0.2, 0.25) is 0 Å². The Morgan fingerprint density at radius 2 is 1.88 bits per heavy atom. The van der Waals surface area contributed by atoms with Crippen molar-refractivity contribution in [3.63, 3.8) is 0 Å². The number of rotatable bonds is 8. The number of carboxylic acid groups (broad SMARTS) is 1. The molecule has 3 heterocycles. The highest BCUT2D eigenvalue weighted by atomic mass is 19.1. The van der Waals surface area contributed by atoms with Crippen molar-refractivity contribution in [3.8, 4) is 0 Å². The first-order valence-corrected chi connectivity index (χ1v) is 12.1. The molecule has 0 aliphatic carbocycles. The van der Waals surface area contributed by atoms with Crippen LogP contribution in [0.15, 0.2) is 23.1 Å². The number of aromatic carboxylic acids is 1. The van der Waals surface area contributed by atoms with Crippen LogP contribution in [0.25, 0.3) is 10.9 Å². The molecule has 1 unspecified atom stereocenters. The van der Waals surface area contributed by atoms with E-state index < -0.39 is 23.5 Å². The van der Waals surface area contributed by atoms with Crippen molar-refractivity contribution in [2.45, 2.75) is 45.4 Å². The maximum absolute atomic E-state index is 15.2. The standard InChI is InChI=1S/C25H34FN3O5/c1-16(33-2)34-12-11-29-15-20(25(31)32)24(30)19-13-21(26)23(14-22(19)29)28-9-5-18(6-10-28)17-3-7-27-8-4-17/h13-18,27H,3-12H2,1-2H3,(H,31,32). The van der Waals surface area contributed by atoms with Crippen molar-refractivity contribution >= 4 is 22.6 Å². The second-order valence-electron chi connectivity index (χ2n) is 9.28. The van der Waals surface area contributed by atoms with Crippen LogP contribution in [0.3, 0.4) is 0 Å². The predicted molar refractivity (Wildman–Crippen MR) is 128 cm³/mol. The highest BCUT2D eigenvalue weighted by Gasteiger charge is 2.29. The summed E-state index contributed by atoms with van der Waals surface area (Å²) in [6, 6.07) is 2.87. The van der Waals surface area contributed by atoms with Crippen LogP contribution in [0.5, 0.6) is 0 Å². The number of nitrogens with one attached hydrogen (secondary N) is 1. The van der Waals surface area contributed by atoms with Gasteiger partial charge < -0.3 is 29.4 Å². The third kappa shape index (κ3) is 5.26. The van der Waals surface area contributed by atoms with Crippen molar-refractivity contribution in [3.05, 3.63) is 39.9 Å². The van der Waals surface area contributed by atoms with E-state index in [2.05, 4.69) is 10.2 Å². The highest BCUT2D eigenvalue weighted by molar-refractivity contribution is 5.93. The second kappa shape index (κ2) is 10.8. The number of pyridine rings is 1. The van der Waals surface area contributed by atoms with Gasteiger partial charge in [-0.2, -0.15) is 0 Å². The van der Waals surface area contributed by atoms with Crippen molar-refractivity contribution < 1.29 is 23.8 Å². The first-order valence-electron chi connectivity index (χ1n) is 12.1. The molecule has 1 aromatic heterocycles. The van der Waals surface area contributed by atoms with Gasteiger partial charge in [-0.15, -0.1) is 0 Å². The number of piperidine rings is 2. The fourth-order valence-electron chi connectivity index (χ4n) is 5.29. The summed E-state index contributed by atoms with van der Waals surface area (Å²) in [7, 11) is 1.53. The first kappa shape index (κ1) is 24.6. The zero-order chi connectivity index (χ0) is 24.2. The average molecular weight is 476 g/mol. The van der Waals surface area contributed by atoms with Crippen molar-refractivity contribution in [2.75, 3.05) is 44.8 Å². The number of benzene rings is 1. The summed E-state index contributed by atoms with van der Waals surface area (Å²) in [5.74, 6) is -0.434. The summed E-state index contributed by atoms with van der Waals surface area (Å²) in [4.78, 5) is 26.5. The molecular weight excluding hydrogens is 441 g/mol. The van der Waals surface area contributed by atoms with Crippen LogP contribution in [0.1, 0.15) is 43.0 Å². The molecule has 2 saturated heterocycles. The molecule has 2 fully saturated rings. The molecule has 0 amide bonds. The number of methoxy groups -OCH3 is 1. The van der Waals surface area contributed by atoms with Crippen molar-refractivity contribution in [1.82, 2.24) is 9.88 Å². The van der Waals surface area contributed by atoms with E-state index in [1.165, 1.54) is 32.2 Å². The topological polar surface area (TPSA) is 93.0 Å². The van der Waals surface area contributed by atoms with Gasteiger partial charge in [0.1, 0.15) is 11.4 Å². The molecule has 0 radical (unpaired) electrons. The lowest BCUT2D eigenvalue weighted by molar-refractivity contribution is -0.112. The SMILES string of the molecule is COC(C)OCCn1cc(C(=O)O)c(=O)c2cc(F)c(N3CCC(C4CCNCC4)CC3)cc21. The van der Waals surface area contributed by atoms with Gasteiger partial charge in [-0.25, -0.2) is 9.18 Å². The Morgan fingerprint density at radius 3 is 2.53 bits per heavy atom. The van der Waals surface area contributed by atoms with Crippen LogP contribution < -0.4 is 15.6 Å². The number of carboxylic acids is 1. The van der Waals surface area contributed by atoms with E-state index in [-0.39, 0.29) is 17.6 Å². The summed E-state index contributed by atoms with van der Waals surface area (Å²) in [6.07, 6.45) is 5.36. The van der Waals surface area contributed by atoms with Gasteiger partial charge in [0.05, 0.1) is 17.8 Å². The van der Waals surface area contributed by atoms with Crippen LogP contribution >= 0.6 is 0 Å². The summed E-state index contributed by atoms with van der Waals surface area (Å²) >= 11 is 0. The average Bonchev–Trinajstić information content (AvgIpc) is 2.85. The Labute approximate surface area is 198 Å². The Kier molecular flexibility index (Phi) is 7.85. The molecule has 34 heavy (non-hydrogen) atoms. The molecule has 0 saturated carbocycles. The van der Waals surface area contributed by atoms with Crippen molar-refractivity contribution in [1.29, 1.82) is 0 Å². The molecule has 2 aliphatic rings. The lowest BCUT2D eigenvalue weighted by atomic mass is 9.79. The fourth-order valence-corrected chi connectivity index (χ4v) is 5.29. The van der Waals surface area contributed by atoms with E-state index in [1.807, 2.05) is 0 Å². The van der Waals surface area contributed by atoms with E-state index in [4.69, 9.17) is 9.47 Å². The maximum atomic E-state index is 15.2. The van der Waals surface area contributed by atoms with Crippen LogP contribution in [-0.4, -0.2) is 61.8 Å². The predicted octanol–water partition coefficient (Wildman–Crippen LogP) is 3.06. The lowest BCUT2D eigenvalue weighted by Gasteiger charge is -2.39. The quantitative estimate of drug-likeness (QED) is 0.567. The maximum Gasteiger partial charge on any atom is 0.341 e. The molecule has 2 aromatic rings. The van der Waals surface area contributed by atoms with Crippen molar-refractivity contribution in [2.24, 2.45) is 11.8 Å². The monoisotopic (exact) mass is 475 g/mol. The molecule has 1 atom stereocenters. The number of nitrogens with zero attached hydrogens (tertiary/aromatic N) is 2. The number of fused-ring (bicyclic) bond motifs is 1. The van der Waals surface area contributed by atoms with E-state index >= 15 is 4.39 Å². The number of ether oxygens (including phenoxy) is 2. The molecule has 186 valence electrons. The second-order valence-corrected chi connectivity index (χ2v) is 9.28. The minimum absolute atomic E-state index is 0.0607. The summed E-state index contributed by atoms with van der Waals surface area (Å²) in [6.45, 7) is 5.99. The number of carbonyl (C=O) groups is 1. The van der Waals surface area contributed by atoms with E-state index in [0.717, 1.165) is 44.9 Å². The Balaban J connectivity index is 1.61. The molecule has 9 heteroatoms. The number of aromatic nitrogens is 1. The largest absolute Gasteiger partial charge is 0.477 e. The smallest absolute Gasteiger partial charge is 0.341 e. The van der Waals surface area contributed by atoms with E-state index in [0.29, 0.717) is 23.7 Å². The van der Waals surface area contributed by atoms with E-state index in [9.17, 15) is 14.7 Å². The molecule has 2 N–H and O–H groups in total. The zero-order valence-electron chi connectivity index (χ0n) is 19.9. The Hall–Kier alpha value is -2.49. The molecule has 0 bridgehead atoms. The van der Waals surface area contributed by atoms with Gasteiger partial charge >= 0.3 is 5.97 Å². The number of halogens is 1. The van der Waals surface area contributed by atoms with Gasteiger partial charge in [-0.3, -0.25) is 4.79 Å². The zero-order valence-corrected chi connectivity index (χ0v) is 19.9. The van der Waals surface area contributed by atoms with Gasteiger partial charge in [0.25, 0.3) is 0 Å². The Morgan fingerprint density at radius 1 is 1.21 bits per heavy atom. The molecule has 0 spiro atoms. The van der Waals surface area contributed by atoms with Crippen LogP contribution in [0.4, 0.5) is 10.1 Å². The molecule has 1 aromatic carbocycles. The minimum Gasteiger partial charge on any atom is -0.477 e. The summed E-state index contributed by atoms with van der Waals surface area (Å²) < 4.78 is 27.5. The molecule has 2 aliphatic heterocycles. The first-order chi connectivity index (χ1) is 16.4. The van der Waals surface area contributed by atoms with Gasteiger partial charge in [0.15, 0.2) is 6.29 Å². The highest BCUT2D eigenvalue weighted by Crippen LogP contribution is 2.34. The van der Waals surface area contributed by atoms with Crippen LogP contribution in [-0.2, 0) is 16.0 Å². The number of hydrogen-bond donors (Lipinski definition) is 2. The third-order valence-corrected chi connectivity index (χ3v) is 7.33. The summed E-state index contributed by atoms with van der Waals surface area (Å²) in [5.41, 5.74) is -0.110.